The molecule has 1 rings (SSSR count). The molecule has 1 atom stereocenters. The number of unbranched alkanes of at least 4 members (excludes halogenated alkanes) is 2. The predicted molar refractivity (Wildman–Crippen MR) is 91.8 cm³/mol. The van der Waals surface area contributed by atoms with Gasteiger partial charge in [-0.25, -0.2) is 4.79 Å². The van der Waals surface area contributed by atoms with Crippen molar-refractivity contribution in [2.24, 2.45) is 0 Å². The summed E-state index contributed by atoms with van der Waals surface area (Å²) in [5, 5.41) is 0. The van der Waals surface area contributed by atoms with Gasteiger partial charge in [0.15, 0.2) is 0 Å². The first kappa shape index (κ1) is 18.3. The molecular weight excluding hydrogens is 274 g/mol. The molecule has 0 aliphatic rings. The second kappa shape index (κ2) is 8.62. The molecule has 0 N–H and O–H groups in total. The van der Waals surface area contributed by atoms with Crippen molar-refractivity contribution in [3.05, 3.63) is 48.6 Å². The normalized spacial score (nSPS) is 12.5. The number of amides is 1. The van der Waals surface area contributed by atoms with Crippen LogP contribution in [0.15, 0.2) is 43.0 Å². The zero-order valence-corrected chi connectivity index (χ0v) is 14.3. The first-order chi connectivity index (χ1) is 10.3. The molecule has 3 nitrogen and oxygen atoms in total. The lowest BCUT2D eigenvalue weighted by atomic mass is 10.1. The summed E-state index contributed by atoms with van der Waals surface area (Å²) in [6, 6.07) is 10.1. The number of carbonyl (C=O) groups is 1. The summed E-state index contributed by atoms with van der Waals surface area (Å²) < 4.78 is 5.57. The molecule has 0 spiro atoms. The fourth-order valence-electron chi connectivity index (χ4n) is 2.25. The first-order valence-electron chi connectivity index (χ1n) is 8.00. The summed E-state index contributed by atoms with van der Waals surface area (Å²) in [7, 11) is 0. The largest absolute Gasteiger partial charge is 0.444 e. The Balaban J connectivity index is 2.80. The molecule has 0 aliphatic carbocycles. The molecule has 3 heteroatoms. The van der Waals surface area contributed by atoms with Gasteiger partial charge in [0.2, 0.25) is 0 Å². The number of benzene rings is 1. The molecule has 0 saturated heterocycles. The maximum Gasteiger partial charge on any atom is 0.410 e. The highest BCUT2D eigenvalue weighted by molar-refractivity contribution is 5.68. The Bertz CT molecular complexity index is 462. The zero-order valence-electron chi connectivity index (χ0n) is 14.3. The maximum absolute atomic E-state index is 12.5. The molecule has 0 aliphatic heterocycles. The topological polar surface area (TPSA) is 29.5 Å². The molecule has 0 bridgehead atoms. The van der Waals surface area contributed by atoms with Crippen LogP contribution in [-0.4, -0.2) is 23.1 Å². The molecule has 0 saturated carbocycles. The van der Waals surface area contributed by atoms with Crippen molar-refractivity contribution in [3.8, 4) is 0 Å². The Morgan fingerprint density at radius 2 is 1.91 bits per heavy atom. The molecule has 122 valence electrons. The lowest BCUT2D eigenvalue weighted by Gasteiger charge is -2.32. The Kier molecular flexibility index (Phi) is 7.16. The standard InChI is InChI=1S/C19H29NO2/c1-6-7-8-12-15-20(18(21)22-19(3,4)5)16(2)17-13-10-9-11-14-17/h6,9-11,13-14,16H,1,7-8,12,15H2,2-5H3/t16-/m1/s1. The molecule has 0 aromatic heterocycles. The van der Waals surface area contributed by atoms with E-state index in [1.165, 1.54) is 0 Å². The monoisotopic (exact) mass is 303 g/mol. The van der Waals surface area contributed by atoms with Crippen molar-refractivity contribution in [2.75, 3.05) is 6.54 Å². The van der Waals surface area contributed by atoms with Crippen LogP contribution in [0.25, 0.3) is 0 Å². The second-order valence-corrected chi connectivity index (χ2v) is 6.54. The quantitative estimate of drug-likeness (QED) is 0.502. The van der Waals surface area contributed by atoms with E-state index in [1.54, 1.807) is 0 Å². The van der Waals surface area contributed by atoms with E-state index in [4.69, 9.17) is 4.74 Å². The van der Waals surface area contributed by atoms with Crippen LogP contribution >= 0.6 is 0 Å². The smallest absolute Gasteiger partial charge is 0.410 e. The van der Waals surface area contributed by atoms with Crippen LogP contribution in [0.1, 0.15) is 58.6 Å². The summed E-state index contributed by atoms with van der Waals surface area (Å²) in [5.41, 5.74) is 0.643. The van der Waals surface area contributed by atoms with Crippen LogP contribution in [0.2, 0.25) is 0 Å². The van der Waals surface area contributed by atoms with Crippen molar-refractivity contribution in [3.63, 3.8) is 0 Å². The lowest BCUT2D eigenvalue weighted by molar-refractivity contribution is 0.0170. The summed E-state index contributed by atoms with van der Waals surface area (Å²) >= 11 is 0. The van der Waals surface area contributed by atoms with Crippen molar-refractivity contribution < 1.29 is 9.53 Å². The molecule has 1 aromatic carbocycles. The minimum atomic E-state index is -0.479. The Hall–Kier alpha value is -1.77. The van der Waals surface area contributed by atoms with E-state index >= 15 is 0 Å². The van der Waals surface area contributed by atoms with E-state index in [9.17, 15) is 4.79 Å². The van der Waals surface area contributed by atoms with Crippen molar-refractivity contribution in [2.45, 2.75) is 58.6 Å². The van der Waals surface area contributed by atoms with Crippen LogP contribution in [-0.2, 0) is 4.74 Å². The lowest BCUT2D eigenvalue weighted by Crippen LogP contribution is -2.39. The summed E-state index contributed by atoms with van der Waals surface area (Å²) in [5.74, 6) is 0. The summed E-state index contributed by atoms with van der Waals surface area (Å²) in [4.78, 5) is 14.3. The number of hydrogen-bond donors (Lipinski definition) is 0. The summed E-state index contributed by atoms with van der Waals surface area (Å²) in [6.07, 6.45) is 4.62. The maximum atomic E-state index is 12.5. The average Bonchev–Trinajstić information content (AvgIpc) is 2.45. The minimum absolute atomic E-state index is 0.000203. The molecule has 1 aromatic rings. The van der Waals surface area contributed by atoms with E-state index < -0.39 is 5.60 Å². The first-order valence-corrected chi connectivity index (χ1v) is 8.00. The van der Waals surface area contributed by atoms with E-state index in [0.717, 1.165) is 24.8 Å². The van der Waals surface area contributed by atoms with Gasteiger partial charge in [-0.2, -0.15) is 0 Å². The van der Waals surface area contributed by atoms with Gasteiger partial charge < -0.3 is 9.64 Å². The predicted octanol–water partition coefficient (Wildman–Crippen LogP) is 5.34. The van der Waals surface area contributed by atoms with E-state index in [1.807, 2.05) is 69.0 Å². The van der Waals surface area contributed by atoms with Crippen LogP contribution < -0.4 is 0 Å². The third-order valence-corrected chi connectivity index (χ3v) is 3.43. The third-order valence-electron chi connectivity index (χ3n) is 3.43. The van der Waals surface area contributed by atoms with Crippen molar-refractivity contribution in [1.82, 2.24) is 4.90 Å². The molecule has 0 fully saturated rings. The number of rotatable bonds is 7. The highest BCUT2D eigenvalue weighted by Crippen LogP contribution is 2.23. The second-order valence-electron chi connectivity index (χ2n) is 6.54. The van der Waals surface area contributed by atoms with Crippen LogP contribution in [0.4, 0.5) is 4.79 Å². The Morgan fingerprint density at radius 3 is 2.45 bits per heavy atom. The molecule has 1 amide bonds. The van der Waals surface area contributed by atoms with Gasteiger partial charge in [-0.15, -0.1) is 6.58 Å². The van der Waals surface area contributed by atoms with Gasteiger partial charge in [0, 0.05) is 6.54 Å². The number of carbonyl (C=O) groups excluding carboxylic acids is 1. The molecule has 0 radical (unpaired) electrons. The molecule has 0 unspecified atom stereocenters. The van der Waals surface area contributed by atoms with E-state index in [2.05, 4.69) is 6.58 Å². The van der Waals surface area contributed by atoms with Gasteiger partial charge in [0.05, 0.1) is 6.04 Å². The Morgan fingerprint density at radius 1 is 1.27 bits per heavy atom. The van der Waals surface area contributed by atoms with Gasteiger partial charge in [0.25, 0.3) is 0 Å². The van der Waals surface area contributed by atoms with Gasteiger partial charge in [0.1, 0.15) is 5.60 Å². The average molecular weight is 303 g/mol. The molecule has 22 heavy (non-hydrogen) atoms. The number of hydrogen-bond acceptors (Lipinski definition) is 2. The van der Waals surface area contributed by atoms with Crippen molar-refractivity contribution in [1.29, 1.82) is 0 Å². The summed E-state index contributed by atoms with van der Waals surface area (Å²) in [6.45, 7) is 12.2. The van der Waals surface area contributed by atoms with E-state index in [-0.39, 0.29) is 12.1 Å². The molecular formula is C19H29NO2. The van der Waals surface area contributed by atoms with Crippen LogP contribution in [0, 0.1) is 0 Å². The van der Waals surface area contributed by atoms with E-state index in [0.29, 0.717) is 6.54 Å². The van der Waals surface area contributed by atoms with Gasteiger partial charge >= 0.3 is 6.09 Å². The number of nitrogens with zero attached hydrogens (tertiary/aromatic N) is 1. The SMILES string of the molecule is C=CCCCCN(C(=O)OC(C)(C)C)[C@H](C)c1ccccc1. The van der Waals surface area contributed by atoms with Gasteiger partial charge in [-0.3, -0.25) is 0 Å². The van der Waals surface area contributed by atoms with Gasteiger partial charge in [-0.05, 0) is 52.5 Å². The Labute approximate surface area is 135 Å². The number of ether oxygens (including phenoxy) is 1. The minimum Gasteiger partial charge on any atom is -0.444 e. The third kappa shape index (κ3) is 6.33. The highest BCUT2D eigenvalue weighted by Gasteiger charge is 2.26. The van der Waals surface area contributed by atoms with Gasteiger partial charge in [-0.1, -0.05) is 36.4 Å². The fraction of sp³-hybridized carbons (Fsp3) is 0.526. The number of allylic oxidation sites excluding steroid dienone is 1. The van der Waals surface area contributed by atoms with Crippen LogP contribution in [0.5, 0.6) is 0 Å². The zero-order chi connectivity index (χ0) is 16.6. The highest BCUT2D eigenvalue weighted by atomic mass is 16.6. The van der Waals surface area contributed by atoms with Crippen LogP contribution in [0.3, 0.4) is 0 Å². The molecule has 0 heterocycles. The van der Waals surface area contributed by atoms with Crippen molar-refractivity contribution >= 4 is 6.09 Å². The fourth-order valence-corrected chi connectivity index (χ4v) is 2.25.